The summed E-state index contributed by atoms with van der Waals surface area (Å²) in [4.78, 5) is 14.1. The Morgan fingerprint density at radius 2 is 2.35 bits per heavy atom. The minimum atomic E-state index is -0.453. The van der Waals surface area contributed by atoms with E-state index in [9.17, 15) is 10.1 Å². The molecule has 0 spiro atoms. The van der Waals surface area contributed by atoms with Crippen LogP contribution in [0.15, 0.2) is 16.7 Å². The standard InChI is InChI=1S/C11H14BrN3O2/c1-11(2)4-7(11)5-13-10-9(12)3-8(6-14-10)15(16)17/h3,6-7H,4-5H2,1-2H3,(H,13,14). The zero-order valence-electron chi connectivity index (χ0n) is 9.74. The number of halogens is 1. The van der Waals surface area contributed by atoms with Crippen LogP contribution in [0.2, 0.25) is 0 Å². The van der Waals surface area contributed by atoms with Crippen LogP contribution in [0, 0.1) is 21.4 Å². The summed E-state index contributed by atoms with van der Waals surface area (Å²) < 4.78 is 0.630. The first-order chi connectivity index (χ1) is 7.90. The number of aromatic nitrogens is 1. The topological polar surface area (TPSA) is 68.1 Å². The van der Waals surface area contributed by atoms with Gasteiger partial charge in [0.2, 0.25) is 0 Å². The first kappa shape index (κ1) is 12.3. The number of nitro groups is 1. The molecule has 1 fully saturated rings. The van der Waals surface area contributed by atoms with Crippen LogP contribution in [0.5, 0.6) is 0 Å². The monoisotopic (exact) mass is 299 g/mol. The molecular weight excluding hydrogens is 286 g/mol. The molecule has 1 atom stereocenters. The van der Waals surface area contributed by atoms with Crippen LogP contribution in [0.3, 0.4) is 0 Å². The first-order valence-corrected chi connectivity index (χ1v) is 6.23. The van der Waals surface area contributed by atoms with Gasteiger partial charge < -0.3 is 5.32 Å². The Hall–Kier alpha value is -1.17. The molecule has 1 aromatic heterocycles. The molecule has 0 aromatic carbocycles. The SMILES string of the molecule is CC1(C)CC1CNc1ncc([N+](=O)[O-])cc1Br. The molecule has 1 aromatic rings. The molecule has 0 bridgehead atoms. The van der Waals surface area contributed by atoms with Crippen LogP contribution in [0.1, 0.15) is 20.3 Å². The molecule has 1 aliphatic carbocycles. The Morgan fingerprint density at radius 3 is 2.82 bits per heavy atom. The minimum Gasteiger partial charge on any atom is -0.369 e. The Bertz CT molecular complexity index is 462. The summed E-state index contributed by atoms with van der Waals surface area (Å²) in [5.74, 6) is 1.32. The van der Waals surface area contributed by atoms with Gasteiger partial charge in [-0.3, -0.25) is 10.1 Å². The van der Waals surface area contributed by atoms with Crippen molar-refractivity contribution in [2.45, 2.75) is 20.3 Å². The van der Waals surface area contributed by atoms with E-state index in [1.54, 1.807) is 0 Å². The van der Waals surface area contributed by atoms with Crippen LogP contribution >= 0.6 is 15.9 Å². The highest BCUT2D eigenvalue weighted by molar-refractivity contribution is 9.10. The number of rotatable bonds is 4. The summed E-state index contributed by atoms with van der Waals surface area (Å²) in [5.41, 5.74) is 0.412. The lowest BCUT2D eigenvalue weighted by atomic mass is 10.1. The highest BCUT2D eigenvalue weighted by atomic mass is 79.9. The van der Waals surface area contributed by atoms with Gasteiger partial charge in [0.05, 0.1) is 9.40 Å². The van der Waals surface area contributed by atoms with Crippen molar-refractivity contribution in [3.8, 4) is 0 Å². The van der Waals surface area contributed by atoms with Gasteiger partial charge in [-0.1, -0.05) is 13.8 Å². The lowest BCUT2D eigenvalue weighted by Crippen LogP contribution is -2.09. The molecule has 0 amide bonds. The molecule has 0 aliphatic heterocycles. The largest absolute Gasteiger partial charge is 0.369 e. The minimum absolute atomic E-state index is 0.00539. The number of anilines is 1. The average molecular weight is 300 g/mol. The van der Waals surface area contributed by atoms with E-state index >= 15 is 0 Å². The van der Waals surface area contributed by atoms with Crippen molar-refractivity contribution in [3.63, 3.8) is 0 Å². The number of nitrogens with one attached hydrogen (secondary N) is 1. The van der Waals surface area contributed by atoms with Crippen molar-refractivity contribution < 1.29 is 4.92 Å². The highest BCUT2D eigenvalue weighted by Gasteiger charge is 2.45. The van der Waals surface area contributed by atoms with E-state index in [0.717, 1.165) is 6.54 Å². The van der Waals surface area contributed by atoms with Crippen LogP contribution in [-0.4, -0.2) is 16.5 Å². The van der Waals surface area contributed by atoms with Crippen LogP contribution in [-0.2, 0) is 0 Å². The Kier molecular flexibility index (Phi) is 3.07. The van der Waals surface area contributed by atoms with Gasteiger partial charge in [-0.15, -0.1) is 0 Å². The molecule has 1 unspecified atom stereocenters. The third-order valence-corrected chi connectivity index (χ3v) is 3.88. The molecule has 5 nitrogen and oxygen atoms in total. The van der Waals surface area contributed by atoms with Gasteiger partial charge in [0, 0.05) is 12.6 Å². The summed E-state index contributed by atoms with van der Waals surface area (Å²) in [6.07, 6.45) is 2.48. The first-order valence-electron chi connectivity index (χ1n) is 5.44. The molecule has 2 rings (SSSR count). The Labute approximate surface area is 108 Å². The van der Waals surface area contributed by atoms with Gasteiger partial charge >= 0.3 is 0 Å². The second-order valence-electron chi connectivity index (χ2n) is 5.05. The maximum absolute atomic E-state index is 10.6. The fourth-order valence-electron chi connectivity index (χ4n) is 1.80. The van der Waals surface area contributed by atoms with E-state index in [2.05, 4.69) is 40.1 Å². The van der Waals surface area contributed by atoms with Gasteiger partial charge in [-0.2, -0.15) is 0 Å². The van der Waals surface area contributed by atoms with Crippen molar-refractivity contribution in [3.05, 3.63) is 26.9 Å². The third-order valence-electron chi connectivity index (χ3n) is 3.27. The molecule has 1 aliphatic rings. The molecular formula is C11H14BrN3O2. The molecule has 0 saturated heterocycles. The summed E-state index contributed by atoms with van der Waals surface area (Å²) in [6.45, 7) is 5.33. The summed E-state index contributed by atoms with van der Waals surface area (Å²) in [5, 5.41) is 13.8. The van der Waals surface area contributed by atoms with E-state index in [1.165, 1.54) is 18.7 Å². The number of nitrogens with zero attached hydrogens (tertiary/aromatic N) is 2. The van der Waals surface area contributed by atoms with Crippen LogP contribution < -0.4 is 5.32 Å². The second-order valence-corrected chi connectivity index (χ2v) is 5.91. The van der Waals surface area contributed by atoms with E-state index in [4.69, 9.17) is 0 Å². The summed E-state index contributed by atoms with van der Waals surface area (Å²) in [6, 6.07) is 1.47. The van der Waals surface area contributed by atoms with Crippen LogP contribution in [0.25, 0.3) is 0 Å². The van der Waals surface area contributed by atoms with E-state index in [-0.39, 0.29) is 5.69 Å². The van der Waals surface area contributed by atoms with Crippen molar-refractivity contribution in [2.24, 2.45) is 11.3 Å². The zero-order chi connectivity index (χ0) is 12.6. The molecule has 17 heavy (non-hydrogen) atoms. The number of hydrogen-bond donors (Lipinski definition) is 1. The Morgan fingerprint density at radius 1 is 1.71 bits per heavy atom. The average Bonchev–Trinajstić information content (AvgIpc) is 2.84. The summed E-state index contributed by atoms with van der Waals surface area (Å²) in [7, 11) is 0. The van der Waals surface area contributed by atoms with Gasteiger partial charge in [0.25, 0.3) is 5.69 Å². The van der Waals surface area contributed by atoms with Crippen molar-refractivity contribution in [2.75, 3.05) is 11.9 Å². The van der Waals surface area contributed by atoms with Gasteiger partial charge in [-0.25, -0.2) is 4.98 Å². The van der Waals surface area contributed by atoms with E-state index in [1.807, 2.05) is 0 Å². The predicted octanol–water partition coefficient (Wildman–Crippen LogP) is 3.21. The predicted molar refractivity (Wildman–Crippen MR) is 69.0 cm³/mol. The fourth-order valence-corrected chi connectivity index (χ4v) is 2.28. The van der Waals surface area contributed by atoms with Crippen molar-refractivity contribution in [1.82, 2.24) is 4.98 Å². The number of hydrogen-bond acceptors (Lipinski definition) is 4. The van der Waals surface area contributed by atoms with Gasteiger partial charge in [0.1, 0.15) is 12.0 Å². The van der Waals surface area contributed by atoms with Gasteiger partial charge in [-0.05, 0) is 33.7 Å². The van der Waals surface area contributed by atoms with Crippen molar-refractivity contribution >= 4 is 27.4 Å². The Balaban J connectivity index is 2.00. The smallest absolute Gasteiger partial charge is 0.288 e. The lowest BCUT2D eigenvalue weighted by molar-refractivity contribution is -0.385. The molecule has 1 heterocycles. The maximum Gasteiger partial charge on any atom is 0.288 e. The summed E-state index contributed by atoms with van der Waals surface area (Å²) >= 11 is 3.29. The zero-order valence-corrected chi connectivity index (χ0v) is 11.3. The lowest BCUT2D eigenvalue weighted by Gasteiger charge is -2.08. The second kappa shape index (κ2) is 4.25. The van der Waals surface area contributed by atoms with Crippen LogP contribution in [0.4, 0.5) is 11.5 Å². The van der Waals surface area contributed by atoms with Crippen molar-refractivity contribution in [1.29, 1.82) is 0 Å². The third kappa shape index (κ3) is 2.74. The molecule has 1 N–H and O–H groups in total. The maximum atomic E-state index is 10.6. The van der Waals surface area contributed by atoms with E-state index in [0.29, 0.717) is 21.6 Å². The molecule has 6 heteroatoms. The normalized spacial score (nSPS) is 21.0. The molecule has 0 radical (unpaired) electrons. The highest BCUT2D eigenvalue weighted by Crippen LogP contribution is 2.51. The number of pyridine rings is 1. The van der Waals surface area contributed by atoms with E-state index < -0.39 is 4.92 Å². The molecule has 92 valence electrons. The fraction of sp³-hybridized carbons (Fsp3) is 0.545. The van der Waals surface area contributed by atoms with Gasteiger partial charge in [0.15, 0.2) is 0 Å². The quantitative estimate of drug-likeness (QED) is 0.685. The molecule has 1 saturated carbocycles.